The predicted octanol–water partition coefficient (Wildman–Crippen LogP) is 3.84. The Hall–Kier alpha value is -1.32. The minimum atomic E-state index is -0.487. The number of benzene rings is 1. The summed E-state index contributed by atoms with van der Waals surface area (Å²) in [5.41, 5.74) is 2.15. The Kier molecular flexibility index (Phi) is 7.23. The first-order valence-electron chi connectivity index (χ1n) is 6.67. The van der Waals surface area contributed by atoms with E-state index in [0.29, 0.717) is 5.75 Å². The van der Waals surface area contributed by atoms with Gasteiger partial charge >= 0.3 is 0 Å². The zero-order valence-corrected chi connectivity index (χ0v) is 12.1. The SMILES string of the molecule is COCOc1ccccc1C(O)CCCC=C(C)C. The van der Waals surface area contributed by atoms with Crippen molar-refractivity contribution in [3.8, 4) is 5.75 Å². The molecule has 1 atom stereocenters. The van der Waals surface area contributed by atoms with Gasteiger partial charge in [0.25, 0.3) is 0 Å². The number of ether oxygens (including phenoxy) is 2. The van der Waals surface area contributed by atoms with Crippen LogP contribution < -0.4 is 4.74 Å². The van der Waals surface area contributed by atoms with Gasteiger partial charge in [0.2, 0.25) is 0 Å². The van der Waals surface area contributed by atoms with Crippen molar-refractivity contribution in [2.45, 2.75) is 39.2 Å². The van der Waals surface area contributed by atoms with E-state index in [9.17, 15) is 5.11 Å². The van der Waals surface area contributed by atoms with E-state index < -0.39 is 6.10 Å². The molecule has 0 aromatic heterocycles. The number of hydrogen-bond donors (Lipinski definition) is 1. The topological polar surface area (TPSA) is 38.7 Å². The van der Waals surface area contributed by atoms with Crippen molar-refractivity contribution in [1.82, 2.24) is 0 Å². The summed E-state index contributed by atoms with van der Waals surface area (Å²) < 4.78 is 10.4. The number of hydrogen-bond acceptors (Lipinski definition) is 3. The summed E-state index contributed by atoms with van der Waals surface area (Å²) in [6.45, 7) is 4.37. The lowest BCUT2D eigenvalue weighted by molar-refractivity contribution is 0.0476. The second-order valence-electron chi connectivity index (χ2n) is 4.82. The Morgan fingerprint density at radius 3 is 2.74 bits per heavy atom. The summed E-state index contributed by atoms with van der Waals surface area (Å²) in [5.74, 6) is 0.694. The van der Waals surface area contributed by atoms with Gasteiger partial charge in [-0.25, -0.2) is 0 Å². The Balaban J connectivity index is 2.55. The van der Waals surface area contributed by atoms with Gasteiger partial charge in [0.1, 0.15) is 5.75 Å². The molecule has 106 valence electrons. The number of para-hydroxylation sites is 1. The number of aliphatic hydroxyl groups is 1. The van der Waals surface area contributed by atoms with Crippen LogP contribution in [-0.2, 0) is 4.74 Å². The van der Waals surface area contributed by atoms with Crippen molar-refractivity contribution in [3.63, 3.8) is 0 Å². The first-order chi connectivity index (χ1) is 9.15. The Labute approximate surface area is 115 Å². The number of rotatable bonds is 8. The molecule has 3 nitrogen and oxygen atoms in total. The van der Waals surface area contributed by atoms with Crippen LogP contribution in [0, 0.1) is 0 Å². The molecular formula is C16H24O3. The predicted molar refractivity (Wildman–Crippen MR) is 77.2 cm³/mol. The van der Waals surface area contributed by atoms with Crippen LogP contribution >= 0.6 is 0 Å². The Morgan fingerprint density at radius 1 is 1.32 bits per heavy atom. The fraction of sp³-hybridized carbons (Fsp3) is 0.500. The number of allylic oxidation sites excluding steroid dienone is 2. The highest BCUT2D eigenvalue weighted by Crippen LogP contribution is 2.28. The van der Waals surface area contributed by atoms with Crippen LogP contribution in [0.5, 0.6) is 5.75 Å². The van der Waals surface area contributed by atoms with Gasteiger partial charge in [-0.15, -0.1) is 0 Å². The maximum Gasteiger partial charge on any atom is 0.188 e. The minimum absolute atomic E-state index is 0.196. The van der Waals surface area contributed by atoms with Crippen molar-refractivity contribution in [1.29, 1.82) is 0 Å². The number of aliphatic hydroxyl groups excluding tert-OH is 1. The fourth-order valence-corrected chi connectivity index (χ4v) is 1.87. The van der Waals surface area contributed by atoms with Crippen molar-refractivity contribution in [2.24, 2.45) is 0 Å². The largest absolute Gasteiger partial charge is 0.467 e. The van der Waals surface area contributed by atoms with E-state index in [0.717, 1.165) is 24.8 Å². The lowest BCUT2D eigenvalue weighted by Crippen LogP contribution is -2.05. The van der Waals surface area contributed by atoms with Gasteiger partial charge in [-0.2, -0.15) is 0 Å². The molecule has 0 fully saturated rings. The van der Waals surface area contributed by atoms with Crippen molar-refractivity contribution in [2.75, 3.05) is 13.9 Å². The summed E-state index contributed by atoms with van der Waals surface area (Å²) in [5, 5.41) is 10.2. The molecule has 0 aliphatic carbocycles. The lowest BCUT2D eigenvalue weighted by Gasteiger charge is -2.15. The van der Waals surface area contributed by atoms with Gasteiger partial charge in [0.15, 0.2) is 6.79 Å². The molecule has 0 aliphatic rings. The van der Waals surface area contributed by atoms with E-state index in [2.05, 4.69) is 19.9 Å². The molecule has 0 aliphatic heterocycles. The first kappa shape index (κ1) is 15.7. The number of methoxy groups -OCH3 is 1. The third kappa shape index (κ3) is 5.90. The molecule has 1 N–H and O–H groups in total. The highest BCUT2D eigenvalue weighted by atomic mass is 16.7. The Bertz CT molecular complexity index is 395. The molecule has 1 aromatic carbocycles. The van der Waals surface area contributed by atoms with Gasteiger partial charge in [0.05, 0.1) is 6.10 Å². The van der Waals surface area contributed by atoms with Gasteiger partial charge in [0, 0.05) is 12.7 Å². The van der Waals surface area contributed by atoms with Crippen molar-refractivity contribution >= 4 is 0 Å². The first-order valence-corrected chi connectivity index (χ1v) is 6.67. The lowest BCUT2D eigenvalue weighted by atomic mass is 10.0. The van der Waals surface area contributed by atoms with Crippen molar-refractivity contribution < 1.29 is 14.6 Å². The minimum Gasteiger partial charge on any atom is -0.467 e. The second kappa shape index (κ2) is 8.73. The summed E-state index contributed by atoms with van der Waals surface area (Å²) in [4.78, 5) is 0. The second-order valence-corrected chi connectivity index (χ2v) is 4.82. The monoisotopic (exact) mass is 264 g/mol. The molecule has 1 aromatic rings. The van der Waals surface area contributed by atoms with Crippen LogP contribution in [0.4, 0.5) is 0 Å². The normalized spacial score (nSPS) is 12.0. The number of unbranched alkanes of at least 4 members (excludes halogenated alkanes) is 1. The molecule has 19 heavy (non-hydrogen) atoms. The molecule has 0 amide bonds. The average molecular weight is 264 g/mol. The summed E-state index contributed by atoms with van der Waals surface area (Å²) in [6.07, 6.45) is 4.40. The highest BCUT2D eigenvalue weighted by molar-refractivity contribution is 5.34. The Morgan fingerprint density at radius 2 is 2.05 bits per heavy atom. The summed E-state index contributed by atoms with van der Waals surface area (Å²) >= 11 is 0. The van der Waals surface area contributed by atoms with E-state index in [1.165, 1.54) is 5.57 Å². The van der Waals surface area contributed by atoms with E-state index in [1.54, 1.807) is 7.11 Å². The molecule has 0 saturated heterocycles. The molecule has 0 heterocycles. The summed E-state index contributed by atoms with van der Waals surface area (Å²) in [7, 11) is 1.58. The van der Waals surface area contributed by atoms with Gasteiger partial charge < -0.3 is 14.6 Å². The molecule has 0 bridgehead atoms. The molecule has 3 heteroatoms. The third-order valence-electron chi connectivity index (χ3n) is 2.84. The van der Waals surface area contributed by atoms with Crippen LogP contribution in [0.2, 0.25) is 0 Å². The van der Waals surface area contributed by atoms with Gasteiger partial charge in [-0.05, 0) is 39.2 Å². The quantitative estimate of drug-likeness (QED) is 0.440. The van der Waals surface area contributed by atoms with Crippen LogP contribution in [0.25, 0.3) is 0 Å². The average Bonchev–Trinajstić information content (AvgIpc) is 2.41. The molecule has 0 saturated carbocycles. The van der Waals surface area contributed by atoms with Crippen molar-refractivity contribution in [3.05, 3.63) is 41.5 Å². The van der Waals surface area contributed by atoms with E-state index in [1.807, 2.05) is 24.3 Å². The standard InChI is InChI=1S/C16H24O3/c1-13(2)8-4-6-10-15(17)14-9-5-7-11-16(14)19-12-18-3/h5,7-9,11,15,17H,4,6,10,12H2,1-3H3. The van der Waals surface area contributed by atoms with Crippen LogP contribution in [0.15, 0.2) is 35.9 Å². The molecule has 0 spiro atoms. The van der Waals surface area contributed by atoms with Gasteiger partial charge in [-0.3, -0.25) is 0 Å². The maximum absolute atomic E-state index is 10.2. The van der Waals surface area contributed by atoms with E-state index >= 15 is 0 Å². The van der Waals surface area contributed by atoms with Crippen LogP contribution in [0.3, 0.4) is 0 Å². The smallest absolute Gasteiger partial charge is 0.188 e. The fourth-order valence-electron chi connectivity index (χ4n) is 1.87. The zero-order chi connectivity index (χ0) is 14.1. The maximum atomic E-state index is 10.2. The molecular weight excluding hydrogens is 240 g/mol. The molecule has 0 radical (unpaired) electrons. The van der Waals surface area contributed by atoms with Crippen LogP contribution in [0.1, 0.15) is 44.8 Å². The van der Waals surface area contributed by atoms with E-state index in [4.69, 9.17) is 9.47 Å². The third-order valence-corrected chi connectivity index (χ3v) is 2.84. The molecule has 1 unspecified atom stereocenters. The van der Waals surface area contributed by atoms with Gasteiger partial charge in [-0.1, -0.05) is 29.8 Å². The zero-order valence-electron chi connectivity index (χ0n) is 12.1. The highest BCUT2D eigenvalue weighted by Gasteiger charge is 2.12. The van der Waals surface area contributed by atoms with E-state index in [-0.39, 0.29) is 6.79 Å². The van der Waals surface area contributed by atoms with Crippen LogP contribution in [-0.4, -0.2) is 19.0 Å². The summed E-state index contributed by atoms with van der Waals surface area (Å²) in [6, 6.07) is 7.56. The molecule has 1 rings (SSSR count).